The van der Waals surface area contributed by atoms with E-state index in [2.05, 4.69) is 4.72 Å². The predicted molar refractivity (Wildman–Crippen MR) is 81.3 cm³/mol. The molecule has 0 bridgehead atoms. The van der Waals surface area contributed by atoms with E-state index in [1.54, 1.807) is 19.1 Å². The van der Waals surface area contributed by atoms with Crippen LogP contribution in [0.1, 0.15) is 31.9 Å². The zero-order chi connectivity index (χ0) is 16.0. The van der Waals surface area contributed by atoms with Gasteiger partial charge in [0.2, 0.25) is 10.0 Å². The van der Waals surface area contributed by atoms with E-state index < -0.39 is 10.0 Å². The molecule has 0 amide bonds. The van der Waals surface area contributed by atoms with E-state index >= 15 is 0 Å². The standard InChI is InChI=1S/C15H22N2O3S/c1-5-20-10-14(11(2)3)17-21(18,19)15-8-13(9-16)7-6-12(15)4/h6-8,11,14,17H,5,10H2,1-4H3. The Kier molecular flexibility index (Phi) is 6.34. The van der Waals surface area contributed by atoms with Crippen LogP contribution in [0.4, 0.5) is 0 Å². The third kappa shape index (κ3) is 4.81. The second kappa shape index (κ2) is 7.55. The molecule has 0 radical (unpaired) electrons. The maximum Gasteiger partial charge on any atom is 0.241 e. The Balaban J connectivity index is 3.07. The number of nitrogens with zero attached hydrogens (tertiary/aromatic N) is 1. The van der Waals surface area contributed by atoms with Crippen LogP contribution in [-0.2, 0) is 14.8 Å². The lowest BCUT2D eigenvalue weighted by Gasteiger charge is -2.22. The van der Waals surface area contributed by atoms with E-state index in [1.807, 2.05) is 26.8 Å². The van der Waals surface area contributed by atoms with Crippen LogP contribution in [0.3, 0.4) is 0 Å². The van der Waals surface area contributed by atoms with Crippen LogP contribution < -0.4 is 4.72 Å². The van der Waals surface area contributed by atoms with E-state index in [9.17, 15) is 8.42 Å². The van der Waals surface area contributed by atoms with Crippen LogP contribution in [0.25, 0.3) is 0 Å². The molecule has 6 heteroatoms. The van der Waals surface area contributed by atoms with Crippen molar-refractivity contribution in [3.8, 4) is 6.07 Å². The minimum Gasteiger partial charge on any atom is -0.380 e. The number of benzene rings is 1. The van der Waals surface area contributed by atoms with Crippen molar-refractivity contribution in [1.82, 2.24) is 4.72 Å². The highest BCUT2D eigenvalue weighted by Crippen LogP contribution is 2.18. The first-order valence-corrected chi connectivity index (χ1v) is 8.41. The van der Waals surface area contributed by atoms with Crippen molar-refractivity contribution in [3.05, 3.63) is 29.3 Å². The average Bonchev–Trinajstić information content (AvgIpc) is 2.43. The van der Waals surface area contributed by atoms with Gasteiger partial charge in [0.25, 0.3) is 0 Å². The molecule has 1 rings (SSSR count). The van der Waals surface area contributed by atoms with Crippen LogP contribution in [0.2, 0.25) is 0 Å². The normalized spacial score (nSPS) is 13.1. The Hall–Kier alpha value is -1.42. The lowest BCUT2D eigenvalue weighted by atomic mass is 10.1. The summed E-state index contributed by atoms with van der Waals surface area (Å²) in [5, 5.41) is 8.92. The second-order valence-electron chi connectivity index (χ2n) is 5.22. The van der Waals surface area contributed by atoms with Gasteiger partial charge in [0.05, 0.1) is 23.1 Å². The molecule has 0 saturated carbocycles. The van der Waals surface area contributed by atoms with Gasteiger partial charge in [-0.3, -0.25) is 0 Å². The molecule has 1 N–H and O–H groups in total. The van der Waals surface area contributed by atoms with E-state index in [-0.39, 0.29) is 16.9 Å². The first-order chi connectivity index (χ1) is 9.81. The molecule has 1 aromatic carbocycles. The van der Waals surface area contributed by atoms with Gasteiger partial charge >= 0.3 is 0 Å². The molecular weight excluding hydrogens is 288 g/mol. The molecule has 1 aromatic rings. The predicted octanol–water partition coefficient (Wildman–Crippen LogP) is 2.21. The smallest absolute Gasteiger partial charge is 0.241 e. The summed E-state index contributed by atoms with van der Waals surface area (Å²) in [4.78, 5) is 0.142. The van der Waals surface area contributed by atoms with Crippen molar-refractivity contribution in [2.75, 3.05) is 13.2 Å². The quantitative estimate of drug-likeness (QED) is 0.837. The van der Waals surface area contributed by atoms with E-state index in [1.165, 1.54) is 6.07 Å². The van der Waals surface area contributed by atoms with Gasteiger partial charge < -0.3 is 4.74 Å². The average molecular weight is 310 g/mol. The maximum atomic E-state index is 12.5. The molecule has 0 aliphatic heterocycles. The van der Waals surface area contributed by atoms with Crippen LogP contribution in [0.5, 0.6) is 0 Å². The van der Waals surface area contributed by atoms with Gasteiger partial charge in [0, 0.05) is 12.6 Å². The van der Waals surface area contributed by atoms with Crippen LogP contribution in [-0.4, -0.2) is 27.7 Å². The summed E-state index contributed by atoms with van der Waals surface area (Å²) < 4.78 is 33.1. The van der Waals surface area contributed by atoms with Crippen molar-refractivity contribution in [2.24, 2.45) is 5.92 Å². The van der Waals surface area contributed by atoms with Crippen LogP contribution >= 0.6 is 0 Å². The lowest BCUT2D eigenvalue weighted by molar-refractivity contribution is 0.116. The topological polar surface area (TPSA) is 79.2 Å². The Morgan fingerprint density at radius 3 is 2.57 bits per heavy atom. The number of aryl methyl sites for hydroxylation is 1. The fourth-order valence-electron chi connectivity index (χ4n) is 1.83. The minimum absolute atomic E-state index is 0.103. The molecule has 116 valence electrons. The molecule has 5 nitrogen and oxygen atoms in total. The molecule has 1 atom stereocenters. The lowest BCUT2D eigenvalue weighted by Crippen LogP contribution is -2.42. The highest BCUT2D eigenvalue weighted by atomic mass is 32.2. The van der Waals surface area contributed by atoms with Gasteiger partial charge in [-0.1, -0.05) is 19.9 Å². The summed E-state index contributed by atoms with van der Waals surface area (Å²) in [6.45, 7) is 8.31. The zero-order valence-corrected chi connectivity index (χ0v) is 13.7. The molecule has 0 fully saturated rings. The largest absolute Gasteiger partial charge is 0.380 e. The molecule has 0 aromatic heterocycles. The summed E-state index contributed by atoms with van der Waals surface area (Å²) in [5.74, 6) is 0.103. The van der Waals surface area contributed by atoms with Crippen molar-refractivity contribution >= 4 is 10.0 Å². The maximum absolute atomic E-state index is 12.5. The van der Waals surface area contributed by atoms with Crippen molar-refractivity contribution in [2.45, 2.75) is 38.6 Å². The monoisotopic (exact) mass is 310 g/mol. The van der Waals surface area contributed by atoms with Gasteiger partial charge in [0.15, 0.2) is 0 Å². The number of sulfonamides is 1. The SMILES string of the molecule is CCOCC(NS(=O)(=O)c1cc(C#N)ccc1C)C(C)C. The van der Waals surface area contributed by atoms with E-state index in [4.69, 9.17) is 10.00 Å². The van der Waals surface area contributed by atoms with E-state index in [0.717, 1.165) is 0 Å². The molecule has 0 aliphatic rings. The van der Waals surface area contributed by atoms with Crippen molar-refractivity contribution in [1.29, 1.82) is 5.26 Å². The third-order valence-corrected chi connectivity index (χ3v) is 4.85. The van der Waals surface area contributed by atoms with Gasteiger partial charge in [-0.25, -0.2) is 13.1 Å². The number of nitriles is 1. The van der Waals surface area contributed by atoms with Crippen LogP contribution in [0.15, 0.2) is 23.1 Å². The molecular formula is C15H22N2O3S. The summed E-state index contributed by atoms with van der Waals surface area (Å²) in [6, 6.07) is 6.30. The third-order valence-electron chi connectivity index (χ3n) is 3.22. The summed E-state index contributed by atoms with van der Waals surface area (Å²) in [7, 11) is -3.68. The number of hydrogen-bond donors (Lipinski definition) is 1. The summed E-state index contributed by atoms with van der Waals surface area (Å²) in [5.41, 5.74) is 0.937. The Bertz CT molecular complexity index is 618. The van der Waals surface area contributed by atoms with Gasteiger partial charge in [0.1, 0.15) is 0 Å². The van der Waals surface area contributed by atoms with E-state index in [0.29, 0.717) is 24.3 Å². The number of nitrogens with one attached hydrogen (secondary N) is 1. The van der Waals surface area contributed by atoms with Gasteiger partial charge in [-0.2, -0.15) is 5.26 Å². The van der Waals surface area contributed by atoms with Crippen molar-refractivity contribution < 1.29 is 13.2 Å². The highest BCUT2D eigenvalue weighted by molar-refractivity contribution is 7.89. The first-order valence-electron chi connectivity index (χ1n) is 6.92. The summed E-state index contributed by atoms with van der Waals surface area (Å²) >= 11 is 0. The molecule has 0 saturated heterocycles. The Morgan fingerprint density at radius 2 is 2.05 bits per heavy atom. The zero-order valence-electron chi connectivity index (χ0n) is 12.9. The molecule has 0 aliphatic carbocycles. The summed E-state index contributed by atoms with van der Waals surface area (Å²) in [6.07, 6.45) is 0. The number of hydrogen-bond acceptors (Lipinski definition) is 4. The molecule has 0 spiro atoms. The number of ether oxygens (including phenoxy) is 1. The molecule has 1 unspecified atom stereocenters. The fourth-order valence-corrected chi connectivity index (χ4v) is 3.47. The Labute approximate surface area is 127 Å². The van der Waals surface area contributed by atoms with Crippen LogP contribution in [0, 0.1) is 24.2 Å². The van der Waals surface area contributed by atoms with Crippen molar-refractivity contribution in [3.63, 3.8) is 0 Å². The highest BCUT2D eigenvalue weighted by Gasteiger charge is 2.24. The van der Waals surface area contributed by atoms with Gasteiger partial charge in [-0.15, -0.1) is 0 Å². The second-order valence-corrected chi connectivity index (χ2v) is 6.91. The molecule has 0 heterocycles. The Morgan fingerprint density at radius 1 is 1.38 bits per heavy atom. The minimum atomic E-state index is -3.68. The fraction of sp³-hybridized carbons (Fsp3) is 0.533. The number of rotatable bonds is 7. The van der Waals surface area contributed by atoms with Gasteiger partial charge in [-0.05, 0) is 37.5 Å². The molecule has 21 heavy (non-hydrogen) atoms. The first kappa shape index (κ1) is 17.6.